The van der Waals surface area contributed by atoms with Crippen LogP contribution in [0.3, 0.4) is 0 Å². The molecule has 1 heterocycles. The predicted octanol–water partition coefficient (Wildman–Crippen LogP) is 3.84. The molecule has 2 rings (SSSR count). The number of aromatic nitrogens is 2. The third-order valence-corrected chi connectivity index (χ3v) is 2.81. The highest BCUT2D eigenvalue weighted by Crippen LogP contribution is 2.27. The largest absolute Gasteiger partial charge is 0.434 e. The van der Waals surface area contributed by atoms with Crippen LogP contribution in [0.25, 0.3) is 6.08 Å². The van der Waals surface area contributed by atoms with Gasteiger partial charge in [0.1, 0.15) is 0 Å². The monoisotopic (exact) mass is 242 g/mol. The van der Waals surface area contributed by atoms with E-state index in [4.69, 9.17) is 0 Å². The number of allylic oxidation sites excluding steroid dienone is 1. The first-order chi connectivity index (χ1) is 8.05. The van der Waals surface area contributed by atoms with Gasteiger partial charge in [-0.2, -0.15) is 13.2 Å². The Balaban J connectivity index is 2.12. The minimum atomic E-state index is -4.41. The molecule has 2 nitrogen and oxygen atoms in total. The van der Waals surface area contributed by atoms with Crippen LogP contribution >= 0.6 is 0 Å². The predicted molar refractivity (Wildman–Crippen MR) is 58.1 cm³/mol. The molecule has 0 radical (unpaired) electrons. The fourth-order valence-electron chi connectivity index (χ4n) is 1.92. The molecule has 0 bridgehead atoms. The summed E-state index contributed by atoms with van der Waals surface area (Å²) in [5.41, 5.74) is 0.823. The van der Waals surface area contributed by atoms with Crippen LogP contribution in [0.15, 0.2) is 18.0 Å². The van der Waals surface area contributed by atoms with Crippen LogP contribution in [0.2, 0.25) is 0 Å². The quantitative estimate of drug-likeness (QED) is 0.747. The summed E-state index contributed by atoms with van der Waals surface area (Å²) in [5, 5.41) is 0. The fraction of sp³-hybridized carbons (Fsp3) is 0.500. The molecule has 92 valence electrons. The summed E-state index contributed by atoms with van der Waals surface area (Å²) in [6.07, 6.45) is 4.98. The number of rotatable bonds is 1. The molecule has 0 amide bonds. The molecule has 0 N–H and O–H groups in total. The molecule has 1 fully saturated rings. The van der Waals surface area contributed by atoms with Gasteiger partial charge in [0.25, 0.3) is 0 Å². The van der Waals surface area contributed by atoms with E-state index in [1.165, 1.54) is 18.2 Å². The molecule has 0 unspecified atom stereocenters. The average molecular weight is 242 g/mol. The smallest absolute Gasteiger partial charge is 0.253 e. The van der Waals surface area contributed by atoms with E-state index in [1.807, 2.05) is 6.08 Å². The zero-order chi connectivity index (χ0) is 12.3. The Morgan fingerprint density at radius 2 is 1.71 bits per heavy atom. The zero-order valence-corrected chi connectivity index (χ0v) is 9.30. The Morgan fingerprint density at radius 3 is 2.24 bits per heavy atom. The lowest BCUT2D eigenvalue weighted by Crippen LogP contribution is -2.08. The van der Waals surface area contributed by atoms with Crippen molar-refractivity contribution in [3.05, 3.63) is 29.4 Å². The van der Waals surface area contributed by atoms with E-state index in [0.717, 1.165) is 31.9 Å². The lowest BCUT2D eigenvalue weighted by Gasteiger charge is -2.13. The standard InChI is InChI=1S/C12H13F3N2/c13-12(14,15)11-8-16-10(7-17-11)6-9-4-2-1-3-5-9/h6-8H,1-5H2. The van der Waals surface area contributed by atoms with E-state index in [9.17, 15) is 13.2 Å². The number of hydrogen-bond donors (Lipinski definition) is 0. The summed E-state index contributed by atoms with van der Waals surface area (Å²) in [6.45, 7) is 0. The Bertz CT molecular complexity index is 399. The molecule has 1 saturated carbocycles. The van der Waals surface area contributed by atoms with Gasteiger partial charge < -0.3 is 0 Å². The highest BCUT2D eigenvalue weighted by Gasteiger charge is 2.32. The Morgan fingerprint density at radius 1 is 1.00 bits per heavy atom. The van der Waals surface area contributed by atoms with Gasteiger partial charge in [0.15, 0.2) is 5.69 Å². The maximum absolute atomic E-state index is 12.3. The molecule has 0 atom stereocenters. The molecular weight excluding hydrogens is 229 g/mol. The van der Waals surface area contributed by atoms with Crippen molar-refractivity contribution in [3.8, 4) is 0 Å². The minimum absolute atomic E-state index is 0.509. The highest BCUT2D eigenvalue weighted by molar-refractivity contribution is 5.48. The van der Waals surface area contributed by atoms with E-state index >= 15 is 0 Å². The van der Waals surface area contributed by atoms with Crippen molar-refractivity contribution < 1.29 is 13.2 Å². The summed E-state index contributed by atoms with van der Waals surface area (Å²) in [5.74, 6) is 0. The molecule has 1 aromatic rings. The zero-order valence-electron chi connectivity index (χ0n) is 9.30. The summed E-state index contributed by atoms with van der Waals surface area (Å²) >= 11 is 0. The van der Waals surface area contributed by atoms with Crippen molar-refractivity contribution in [2.75, 3.05) is 0 Å². The summed E-state index contributed by atoms with van der Waals surface area (Å²) in [7, 11) is 0. The first-order valence-corrected chi connectivity index (χ1v) is 5.64. The summed E-state index contributed by atoms with van der Waals surface area (Å²) < 4.78 is 36.8. The van der Waals surface area contributed by atoms with E-state index < -0.39 is 11.9 Å². The van der Waals surface area contributed by atoms with Gasteiger partial charge in [-0.15, -0.1) is 0 Å². The van der Waals surface area contributed by atoms with Crippen LogP contribution < -0.4 is 0 Å². The molecular formula is C12H13F3N2. The third kappa shape index (κ3) is 3.28. The van der Waals surface area contributed by atoms with Gasteiger partial charge >= 0.3 is 6.18 Å². The lowest BCUT2D eigenvalue weighted by atomic mass is 9.94. The second kappa shape index (κ2) is 4.85. The van der Waals surface area contributed by atoms with Crippen molar-refractivity contribution in [3.63, 3.8) is 0 Å². The molecule has 0 aromatic carbocycles. The lowest BCUT2D eigenvalue weighted by molar-refractivity contribution is -0.141. The van der Waals surface area contributed by atoms with Crippen LogP contribution in [0.1, 0.15) is 43.5 Å². The third-order valence-electron chi connectivity index (χ3n) is 2.81. The number of halogens is 3. The van der Waals surface area contributed by atoms with Gasteiger partial charge in [0, 0.05) is 0 Å². The molecule has 17 heavy (non-hydrogen) atoms. The van der Waals surface area contributed by atoms with E-state index in [0.29, 0.717) is 5.69 Å². The van der Waals surface area contributed by atoms with Crippen molar-refractivity contribution in [2.24, 2.45) is 0 Å². The van der Waals surface area contributed by atoms with E-state index in [-0.39, 0.29) is 0 Å². The number of alkyl halides is 3. The van der Waals surface area contributed by atoms with Gasteiger partial charge in [-0.1, -0.05) is 12.0 Å². The highest BCUT2D eigenvalue weighted by atomic mass is 19.4. The maximum atomic E-state index is 12.3. The van der Waals surface area contributed by atoms with Crippen LogP contribution in [0, 0.1) is 0 Å². The Kier molecular flexibility index (Phi) is 3.45. The molecule has 1 aliphatic carbocycles. The van der Waals surface area contributed by atoms with Gasteiger partial charge in [0.2, 0.25) is 0 Å². The number of hydrogen-bond acceptors (Lipinski definition) is 2. The van der Waals surface area contributed by atoms with E-state index in [1.54, 1.807) is 0 Å². The van der Waals surface area contributed by atoms with Crippen LogP contribution in [-0.4, -0.2) is 9.97 Å². The van der Waals surface area contributed by atoms with Crippen molar-refractivity contribution in [2.45, 2.75) is 38.3 Å². The minimum Gasteiger partial charge on any atom is -0.253 e. The van der Waals surface area contributed by atoms with Crippen LogP contribution in [0.4, 0.5) is 13.2 Å². The van der Waals surface area contributed by atoms with Gasteiger partial charge in [-0.25, -0.2) is 4.98 Å². The second-order valence-corrected chi connectivity index (χ2v) is 4.19. The van der Waals surface area contributed by atoms with Crippen LogP contribution in [0.5, 0.6) is 0 Å². The molecule has 1 aliphatic rings. The molecule has 0 saturated heterocycles. The van der Waals surface area contributed by atoms with Gasteiger partial charge in [-0.05, 0) is 31.8 Å². The first kappa shape index (κ1) is 12.1. The van der Waals surface area contributed by atoms with E-state index in [2.05, 4.69) is 9.97 Å². The number of nitrogens with zero attached hydrogens (tertiary/aromatic N) is 2. The maximum Gasteiger partial charge on any atom is 0.434 e. The molecule has 0 spiro atoms. The van der Waals surface area contributed by atoms with Crippen molar-refractivity contribution in [1.29, 1.82) is 0 Å². The Labute approximate surface area is 97.6 Å². The Hall–Kier alpha value is -1.39. The van der Waals surface area contributed by atoms with Gasteiger partial charge in [-0.3, -0.25) is 4.98 Å². The van der Waals surface area contributed by atoms with Crippen molar-refractivity contribution in [1.82, 2.24) is 9.97 Å². The SMILES string of the molecule is FC(F)(F)c1cnc(C=C2CCCCC2)cn1. The second-order valence-electron chi connectivity index (χ2n) is 4.19. The summed E-state index contributed by atoms with van der Waals surface area (Å²) in [6, 6.07) is 0. The van der Waals surface area contributed by atoms with Crippen molar-refractivity contribution >= 4 is 6.08 Å². The summed E-state index contributed by atoms with van der Waals surface area (Å²) in [4.78, 5) is 7.16. The normalized spacial score (nSPS) is 17.0. The van der Waals surface area contributed by atoms with Crippen LogP contribution in [-0.2, 0) is 6.18 Å². The topological polar surface area (TPSA) is 25.8 Å². The molecule has 5 heteroatoms. The van der Waals surface area contributed by atoms with Gasteiger partial charge in [0.05, 0.1) is 18.1 Å². The molecule has 0 aliphatic heterocycles. The average Bonchev–Trinajstić information content (AvgIpc) is 2.30. The fourth-order valence-corrected chi connectivity index (χ4v) is 1.92. The first-order valence-electron chi connectivity index (χ1n) is 5.64. The molecule has 1 aromatic heterocycles.